The van der Waals surface area contributed by atoms with E-state index >= 15 is 0 Å². The Morgan fingerprint density at radius 3 is 2.61 bits per heavy atom. The second kappa shape index (κ2) is 9.93. The first kappa shape index (κ1) is 17.4. The molecule has 0 fully saturated rings. The van der Waals surface area contributed by atoms with Crippen LogP contribution in [-0.2, 0) is 6.42 Å². The fraction of sp³-hybridized carbons (Fsp3) is 0.526. The number of aryl methyl sites for hydroxylation is 1. The molecule has 0 unspecified atom stereocenters. The molecule has 0 aliphatic heterocycles. The summed E-state index contributed by atoms with van der Waals surface area (Å²) in [7, 11) is 0. The van der Waals surface area contributed by atoms with Gasteiger partial charge in [0.2, 0.25) is 0 Å². The van der Waals surface area contributed by atoms with Crippen LogP contribution in [0.3, 0.4) is 0 Å². The summed E-state index contributed by atoms with van der Waals surface area (Å²) in [6.45, 7) is 3.81. The van der Waals surface area contributed by atoms with Gasteiger partial charge in [-0.2, -0.15) is 0 Å². The molecule has 0 heterocycles. The molecule has 1 aromatic carbocycles. The van der Waals surface area contributed by atoms with Crippen LogP contribution in [0.4, 0.5) is 4.79 Å². The molecule has 2 N–H and O–H groups in total. The van der Waals surface area contributed by atoms with Crippen LogP contribution in [0.25, 0.3) is 0 Å². The minimum absolute atomic E-state index is 0.119. The van der Waals surface area contributed by atoms with Crippen molar-refractivity contribution in [2.45, 2.75) is 45.4 Å². The molecule has 0 spiro atoms. The van der Waals surface area contributed by atoms with E-state index in [9.17, 15) is 4.79 Å². The van der Waals surface area contributed by atoms with E-state index in [0.29, 0.717) is 19.7 Å². The number of nitrogens with one attached hydrogen (secondary N) is 2. The quantitative estimate of drug-likeness (QED) is 0.566. The molecule has 1 aromatic rings. The number of ether oxygens (including phenoxy) is 1. The van der Waals surface area contributed by atoms with Gasteiger partial charge in [0.05, 0.1) is 6.54 Å². The van der Waals surface area contributed by atoms with E-state index in [0.717, 1.165) is 18.6 Å². The van der Waals surface area contributed by atoms with E-state index in [1.54, 1.807) is 0 Å². The van der Waals surface area contributed by atoms with E-state index in [1.165, 1.54) is 36.8 Å². The highest BCUT2D eigenvalue weighted by Gasteiger charge is 2.04. The number of rotatable bonds is 8. The van der Waals surface area contributed by atoms with Gasteiger partial charge in [-0.05, 0) is 56.2 Å². The van der Waals surface area contributed by atoms with E-state index < -0.39 is 0 Å². The third-order valence-corrected chi connectivity index (χ3v) is 4.10. The van der Waals surface area contributed by atoms with Gasteiger partial charge in [0.1, 0.15) is 12.4 Å². The van der Waals surface area contributed by atoms with Gasteiger partial charge in [-0.1, -0.05) is 30.7 Å². The van der Waals surface area contributed by atoms with Gasteiger partial charge in [0.15, 0.2) is 0 Å². The van der Waals surface area contributed by atoms with Gasteiger partial charge in [-0.25, -0.2) is 4.79 Å². The van der Waals surface area contributed by atoms with Crippen molar-refractivity contribution in [1.29, 1.82) is 0 Å². The summed E-state index contributed by atoms with van der Waals surface area (Å²) in [6, 6.07) is 7.95. The third kappa shape index (κ3) is 6.76. The average Bonchev–Trinajstić information content (AvgIpc) is 2.60. The lowest BCUT2D eigenvalue weighted by molar-refractivity contribution is 0.236. The van der Waals surface area contributed by atoms with Crippen molar-refractivity contribution in [2.75, 3.05) is 19.7 Å². The summed E-state index contributed by atoms with van der Waals surface area (Å²) in [5.74, 6) is 0.841. The molecular formula is C19H28N2O2. The van der Waals surface area contributed by atoms with Gasteiger partial charge in [-0.3, -0.25) is 0 Å². The predicted molar refractivity (Wildman–Crippen MR) is 93.9 cm³/mol. The van der Waals surface area contributed by atoms with Crippen molar-refractivity contribution in [3.63, 3.8) is 0 Å². The summed E-state index contributed by atoms with van der Waals surface area (Å²) in [4.78, 5) is 11.7. The van der Waals surface area contributed by atoms with Crippen LogP contribution in [0.1, 0.15) is 44.6 Å². The van der Waals surface area contributed by atoms with Crippen LogP contribution >= 0.6 is 0 Å². The molecule has 0 atom stereocenters. The lowest BCUT2D eigenvalue weighted by atomic mass is 9.97. The molecule has 0 radical (unpaired) electrons. The summed E-state index contributed by atoms with van der Waals surface area (Å²) < 4.78 is 5.60. The van der Waals surface area contributed by atoms with Crippen molar-refractivity contribution in [3.05, 3.63) is 41.5 Å². The molecular weight excluding hydrogens is 288 g/mol. The van der Waals surface area contributed by atoms with Crippen molar-refractivity contribution in [3.8, 4) is 5.75 Å². The third-order valence-electron chi connectivity index (χ3n) is 4.10. The smallest absolute Gasteiger partial charge is 0.314 e. The number of hydrogen-bond acceptors (Lipinski definition) is 2. The highest BCUT2D eigenvalue weighted by atomic mass is 16.5. The molecule has 2 amide bonds. The van der Waals surface area contributed by atoms with E-state index in [2.05, 4.69) is 35.8 Å². The monoisotopic (exact) mass is 316 g/mol. The average molecular weight is 316 g/mol. The number of benzene rings is 1. The maximum Gasteiger partial charge on any atom is 0.314 e. The molecule has 4 heteroatoms. The minimum atomic E-state index is -0.119. The Balaban J connectivity index is 1.53. The van der Waals surface area contributed by atoms with Crippen molar-refractivity contribution < 1.29 is 9.53 Å². The topological polar surface area (TPSA) is 50.4 Å². The zero-order valence-corrected chi connectivity index (χ0v) is 14.1. The van der Waals surface area contributed by atoms with Crippen molar-refractivity contribution in [2.24, 2.45) is 0 Å². The number of carbonyl (C=O) groups is 1. The summed E-state index contributed by atoms with van der Waals surface area (Å²) in [5.41, 5.74) is 2.78. The van der Waals surface area contributed by atoms with Crippen LogP contribution in [0.5, 0.6) is 5.75 Å². The van der Waals surface area contributed by atoms with Crippen LogP contribution in [-0.4, -0.2) is 25.7 Å². The molecule has 0 saturated heterocycles. The fourth-order valence-corrected chi connectivity index (χ4v) is 2.69. The maximum absolute atomic E-state index is 11.7. The number of allylic oxidation sites excluding steroid dienone is 1. The van der Waals surface area contributed by atoms with Gasteiger partial charge in [-0.15, -0.1) is 0 Å². The largest absolute Gasteiger partial charge is 0.492 e. The van der Waals surface area contributed by atoms with Crippen LogP contribution in [0, 0.1) is 0 Å². The zero-order valence-electron chi connectivity index (χ0n) is 14.1. The normalized spacial score (nSPS) is 14.0. The molecule has 0 saturated carbocycles. The first-order valence-electron chi connectivity index (χ1n) is 8.69. The number of urea groups is 1. The number of amides is 2. The second-order valence-electron chi connectivity index (χ2n) is 5.89. The first-order chi connectivity index (χ1) is 11.3. The molecule has 2 rings (SSSR count). The Labute approximate surface area is 139 Å². The predicted octanol–water partition coefficient (Wildman–Crippen LogP) is 3.82. The van der Waals surface area contributed by atoms with Crippen LogP contribution in [0.2, 0.25) is 0 Å². The number of hydrogen-bond donors (Lipinski definition) is 2. The van der Waals surface area contributed by atoms with Gasteiger partial charge in [0.25, 0.3) is 0 Å². The molecule has 4 nitrogen and oxygen atoms in total. The lowest BCUT2D eigenvalue weighted by Crippen LogP contribution is -2.38. The molecule has 23 heavy (non-hydrogen) atoms. The molecule has 0 aromatic heterocycles. The van der Waals surface area contributed by atoms with Crippen LogP contribution < -0.4 is 15.4 Å². The number of carbonyl (C=O) groups excluding carboxylic acids is 1. The van der Waals surface area contributed by atoms with Crippen LogP contribution in [0.15, 0.2) is 35.9 Å². The Hall–Kier alpha value is -1.97. The maximum atomic E-state index is 11.7. The lowest BCUT2D eigenvalue weighted by Gasteiger charge is -2.13. The Morgan fingerprint density at radius 2 is 1.91 bits per heavy atom. The highest BCUT2D eigenvalue weighted by molar-refractivity contribution is 5.73. The summed E-state index contributed by atoms with van der Waals surface area (Å²) in [5, 5.41) is 5.72. The Morgan fingerprint density at radius 1 is 1.13 bits per heavy atom. The van der Waals surface area contributed by atoms with Gasteiger partial charge < -0.3 is 15.4 Å². The zero-order chi connectivity index (χ0) is 16.3. The Kier molecular flexibility index (Phi) is 7.50. The van der Waals surface area contributed by atoms with Crippen molar-refractivity contribution >= 4 is 6.03 Å². The fourth-order valence-electron chi connectivity index (χ4n) is 2.69. The van der Waals surface area contributed by atoms with Gasteiger partial charge >= 0.3 is 6.03 Å². The standard InChI is InChI=1S/C19H28N2O2/c1-2-16-8-10-18(11-9-16)23-15-14-21-19(22)20-13-12-17-6-4-3-5-7-17/h6,8-11H,2-5,7,12-15H2,1H3,(H2,20,21,22). The summed E-state index contributed by atoms with van der Waals surface area (Å²) >= 11 is 0. The Bertz CT molecular complexity index is 509. The van der Waals surface area contributed by atoms with Gasteiger partial charge in [0, 0.05) is 6.54 Å². The van der Waals surface area contributed by atoms with E-state index in [4.69, 9.17) is 4.74 Å². The summed E-state index contributed by atoms with van der Waals surface area (Å²) in [6.07, 6.45) is 9.28. The minimum Gasteiger partial charge on any atom is -0.492 e. The molecule has 1 aliphatic carbocycles. The first-order valence-corrected chi connectivity index (χ1v) is 8.69. The molecule has 0 bridgehead atoms. The van der Waals surface area contributed by atoms with Crippen molar-refractivity contribution in [1.82, 2.24) is 10.6 Å². The molecule has 1 aliphatic rings. The van der Waals surface area contributed by atoms with E-state index in [-0.39, 0.29) is 6.03 Å². The second-order valence-corrected chi connectivity index (χ2v) is 5.89. The van der Waals surface area contributed by atoms with E-state index in [1.807, 2.05) is 12.1 Å². The molecule has 126 valence electrons. The SMILES string of the molecule is CCc1ccc(OCCNC(=O)NCCC2=CCCCC2)cc1. The highest BCUT2D eigenvalue weighted by Crippen LogP contribution is 2.19.